The molecule has 38 heavy (non-hydrogen) atoms. The minimum absolute atomic E-state index is 0.00217. The van der Waals surface area contributed by atoms with Crippen LogP contribution in [0.5, 0.6) is 11.6 Å². The van der Waals surface area contributed by atoms with Crippen LogP contribution < -0.4 is 20.5 Å². The number of benzene rings is 1. The number of anilines is 1. The Balaban J connectivity index is 1.25. The van der Waals surface area contributed by atoms with Crippen LogP contribution in [0.2, 0.25) is 0 Å². The maximum absolute atomic E-state index is 12.9. The normalized spacial score (nSPS) is 13.9. The number of rotatable bonds is 7. The topological polar surface area (TPSA) is 140 Å². The molecule has 1 N–H and O–H groups in total. The number of nitrogens with one attached hydrogen (secondary N) is 1. The highest BCUT2D eigenvalue weighted by atomic mass is 32.1. The molecule has 5 rings (SSSR count). The van der Waals surface area contributed by atoms with E-state index in [4.69, 9.17) is 14.2 Å². The highest BCUT2D eigenvalue weighted by Crippen LogP contribution is 2.28. The van der Waals surface area contributed by atoms with Gasteiger partial charge < -0.3 is 14.2 Å². The molecule has 1 fully saturated rings. The number of hydrogen-bond acceptors (Lipinski definition) is 9. The van der Waals surface area contributed by atoms with Crippen molar-refractivity contribution in [3.8, 4) is 11.6 Å². The number of ether oxygens (including phenoxy) is 3. The molecule has 0 spiro atoms. The van der Waals surface area contributed by atoms with E-state index in [-0.39, 0.29) is 29.2 Å². The standard InChI is InChI=1S/C25H25N5O7S/c1-15-11-17(36-14-18-4-6-23(38-18)30(33)34)3-5-19(15)27-24(31)37-22-12-20-21(13-26-22)28(2)25(32)29(20)16-7-9-35-10-8-16/h3-6,11-13,16H,7-10,14H2,1-2H3,(H,27,31). The average molecular weight is 540 g/mol. The van der Waals surface area contributed by atoms with E-state index < -0.39 is 11.0 Å². The molecule has 0 saturated carbocycles. The molecule has 198 valence electrons. The highest BCUT2D eigenvalue weighted by Gasteiger charge is 2.23. The summed E-state index contributed by atoms with van der Waals surface area (Å²) >= 11 is 1.06. The van der Waals surface area contributed by atoms with Gasteiger partial charge in [-0.1, -0.05) is 11.3 Å². The van der Waals surface area contributed by atoms with E-state index in [1.165, 1.54) is 16.8 Å². The van der Waals surface area contributed by atoms with Gasteiger partial charge in [0.1, 0.15) is 12.4 Å². The molecule has 1 aliphatic rings. The van der Waals surface area contributed by atoms with Crippen LogP contribution in [0, 0.1) is 17.0 Å². The molecule has 1 aliphatic heterocycles. The lowest BCUT2D eigenvalue weighted by atomic mass is 10.1. The Labute approximate surface area is 220 Å². The van der Waals surface area contributed by atoms with E-state index in [1.807, 2.05) is 0 Å². The van der Waals surface area contributed by atoms with E-state index in [0.29, 0.717) is 35.7 Å². The minimum Gasteiger partial charge on any atom is -0.488 e. The zero-order valence-corrected chi connectivity index (χ0v) is 21.5. The molecule has 4 aromatic rings. The SMILES string of the molecule is Cc1cc(OCc2ccc([N+](=O)[O-])s2)ccc1NC(=O)Oc1cc2c(cn1)n(C)c(=O)n2C1CCOCC1. The Bertz CT molecular complexity index is 1570. The summed E-state index contributed by atoms with van der Waals surface area (Å²) in [6.45, 7) is 3.17. The number of carbonyl (C=O) groups excluding carboxylic acids is 1. The number of thiophene rings is 1. The Hall–Kier alpha value is -4.23. The fourth-order valence-electron chi connectivity index (χ4n) is 4.38. The Kier molecular flexibility index (Phi) is 7.11. The Morgan fingerprint density at radius 3 is 2.74 bits per heavy atom. The maximum Gasteiger partial charge on any atom is 0.418 e. The molecular formula is C25H25N5O7S. The first-order chi connectivity index (χ1) is 18.3. The summed E-state index contributed by atoms with van der Waals surface area (Å²) < 4.78 is 19.9. The molecule has 1 saturated heterocycles. The predicted octanol–water partition coefficient (Wildman–Crippen LogP) is 4.55. The number of hydrogen-bond donors (Lipinski definition) is 1. The van der Waals surface area contributed by atoms with Crippen molar-refractivity contribution in [3.63, 3.8) is 0 Å². The van der Waals surface area contributed by atoms with E-state index in [0.717, 1.165) is 34.6 Å². The molecule has 0 radical (unpaired) electrons. The van der Waals surface area contributed by atoms with Crippen molar-refractivity contribution in [1.29, 1.82) is 0 Å². The van der Waals surface area contributed by atoms with Crippen molar-refractivity contribution in [2.45, 2.75) is 32.4 Å². The highest BCUT2D eigenvalue weighted by molar-refractivity contribution is 7.15. The second-order valence-electron chi connectivity index (χ2n) is 8.84. The second kappa shape index (κ2) is 10.6. The second-order valence-corrected chi connectivity index (χ2v) is 9.99. The van der Waals surface area contributed by atoms with Gasteiger partial charge >= 0.3 is 16.8 Å². The Morgan fingerprint density at radius 2 is 2.03 bits per heavy atom. The summed E-state index contributed by atoms with van der Waals surface area (Å²) in [7, 11) is 1.69. The van der Waals surface area contributed by atoms with Crippen LogP contribution in [0.1, 0.15) is 29.3 Å². The lowest BCUT2D eigenvalue weighted by Gasteiger charge is -2.23. The van der Waals surface area contributed by atoms with Crippen LogP contribution in [-0.2, 0) is 18.4 Å². The molecule has 3 aromatic heterocycles. The van der Waals surface area contributed by atoms with Crippen molar-refractivity contribution >= 4 is 39.2 Å². The number of nitrogens with zero attached hydrogens (tertiary/aromatic N) is 4. The zero-order valence-electron chi connectivity index (χ0n) is 20.7. The van der Waals surface area contributed by atoms with Crippen molar-refractivity contribution in [3.05, 3.63) is 73.6 Å². The number of amides is 1. The summed E-state index contributed by atoms with van der Waals surface area (Å²) in [5.74, 6) is 0.629. The predicted molar refractivity (Wildman–Crippen MR) is 140 cm³/mol. The summed E-state index contributed by atoms with van der Waals surface area (Å²) in [5, 5.41) is 13.6. The van der Waals surface area contributed by atoms with Crippen molar-refractivity contribution < 1.29 is 23.9 Å². The van der Waals surface area contributed by atoms with Gasteiger partial charge in [0.15, 0.2) is 0 Å². The van der Waals surface area contributed by atoms with Gasteiger partial charge in [-0.15, -0.1) is 0 Å². The van der Waals surface area contributed by atoms with Crippen LogP contribution in [0.25, 0.3) is 11.0 Å². The molecule has 0 aliphatic carbocycles. The van der Waals surface area contributed by atoms with Crippen LogP contribution in [0.3, 0.4) is 0 Å². The number of pyridine rings is 1. The third-order valence-corrected chi connectivity index (χ3v) is 7.36. The maximum atomic E-state index is 12.9. The largest absolute Gasteiger partial charge is 0.488 e. The first-order valence-corrected chi connectivity index (χ1v) is 12.7. The van der Waals surface area contributed by atoms with Gasteiger partial charge in [0.25, 0.3) is 0 Å². The van der Waals surface area contributed by atoms with Gasteiger partial charge in [0.2, 0.25) is 5.88 Å². The molecule has 1 aromatic carbocycles. The third-order valence-electron chi connectivity index (χ3n) is 6.35. The summed E-state index contributed by atoms with van der Waals surface area (Å²) in [5.41, 5.74) is 2.41. The summed E-state index contributed by atoms with van der Waals surface area (Å²) in [6.07, 6.45) is 2.25. The van der Waals surface area contributed by atoms with E-state index in [2.05, 4.69) is 10.3 Å². The first-order valence-electron chi connectivity index (χ1n) is 11.9. The Morgan fingerprint density at radius 1 is 1.24 bits per heavy atom. The van der Waals surface area contributed by atoms with E-state index >= 15 is 0 Å². The lowest BCUT2D eigenvalue weighted by Crippen LogP contribution is -2.29. The van der Waals surface area contributed by atoms with Crippen molar-refractivity contribution in [1.82, 2.24) is 14.1 Å². The number of fused-ring (bicyclic) bond motifs is 1. The summed E-state index contributed by atoms with van der Waals surface area (Å²) in [6, 6.07) is 9.82. The average Bonchev–Trinajstić information content (AvgIpc) is 3.48. The number of carbonyl (C=O) groups is 1. The van der Waals surface area contributed by atoms with Gasteiger partial charge in [0, 0.05) is 49.0 Å². The lowest BCUT2D eigenvalue weighted by molar-refractivity contribution is -0.380. The fraction of sp³-hybridized carbons (Fsp3) is 0.320. The van der Waals surface area contributed by atoms with Crippen LogP contribution in [-0.4, -0.2) is 38.3 Å². The monoisotopic (exact) mass is 539 g/mol. The number of nitro groups is 1. The molecule has 1 amide bonds. The molecule has 13 heteroatoms. The molecule has 0 atom stereocenters. The fourth-order valence-corrected chi connectivity index (χ4v) is 5.12. The first kappa shape index (κ1) is 25.4. The van der Waals surface area contributed by atoms with Crippen LogP contribution in [0.15, 0.2) is 47.4 Å². The smallest absolute Gasteiger partial charge is 0.418 e. The quantitative estimate of drug-likeness (QED) is 0.266. The van der Waals surface area contributed by atoms with E-state index in [1.54, 1.807) is 48.9 Å². The number of imidazole rings is 1. The molecule has 12 nitrogen and oxygen atoms in total. The number of aromatic nitrogens is 3. The third kappa shape index (κ3) is 5.24. The minimum atomic E-state index is -0.726. The van der Waals surface area contributed by atoms with Gasteiger partial charge in [-0.05, 0) is 49.6 Å². The van der Waals surface area contributed by atoms with Crippen LogP contribution in [0.4, 0.5) is 15.5 Å². The van der Waals surface area contributed by atoms with Gasteiger partial charge in [-0.3, -0.25) is 24.6 Å². The molecule has 0 unspecified atom stereocenters. The van der Waals surface area contributed by atoms with Gasteiger partial charge in [0.05, 0.1) is 22.2 Å². The summed E-state index contributed by atoms with van der Waals surface area (Å²) in [4.78, 5) is 40.9. The number of aryl methyl sites for hydroxylation is 2. The van der Waals surface area contributed by atoms with Gasteiger partial charge in [-0.2, -0.15) is 0 Å². The molecular weight excluding hydrogens is 514 g/mol. The molecule has 0 bridgehead atoms. The van der Waals surface area contributed by atoms with Crippen LogP contribution >= 0.6 is 11.3 Å². The van der Waals surface area contributed by atoms with Crippen molar-refractivity contribution in [2.24, 2.45) is 7.05 Å². The zero-order chi connectivity index (χ0) is 26.8. The van der Waals surface area contributed by atoms with E-state index in [9.17, 15) is 19.7 Å². The van der Waals surface area contributed by atoms with Crippen molar-refractivity contribution in [2.75, 3.05) is 18.5 Å². The molecule has 4 heterocycles. The van der Waals surface area contributed by atoms with Gasteiger partial charge in [-0.25, -0.2) is 14.6 Å².